The second kappa shape index (κ2) is 10.5. The van der Waals surface area contributed by atoms with Crippen LogP contribution >= 0.6 is 11.8 Å². The number of ether oxygens (including phenoxy) is 1. The maximum Gasteiger partial charge on any atom is 0.286 e. The fourth-order valence-corrected chi connectivity index (χ4v) is 6.18. The number of aliphatic imine (C=N–C) groups is 1. The van der Waals surface area contributed by atoms with E-state index in [0.717, 1.165) is 61.3 Å². The first-order valence-corrected chi connectivity index (χ1v) is 14.1. The molecular formula is C28H33N7O2S. The van der Waals surface area contributed by atoms with Gasteiger partial charge in [-0.05, 0) is 68.4 Å². The Morgan fingerprint density at radius 1 is 1.00 bits per heavy atom. The van der Waals surface area contributed by atoms with E-state index in [-0.39, 0.29) is 5.91 Å². The van der Waals surface area contributed by atoms with Crippen molar-refractivity contribution in [3.8, 4) is 11.3 Å². The first-order valence-electron chi connectivity index (χ1n) is 13.3. The highest BCUT2D eigenvalue weighted by Gasteiger charge is 2.27. The Hall–Kier alpha value is -3.21. The number of nitrogens with zero attached hydrogens (tertiary/aromatic N) is 7. The van der Waals surface area contributed by atoms with Crippen LogP contribution in [0.25, 0.3) is 23.0 Å². The number of imidazole rings is 1. The number of fused-ring (bicyclic) bond motifs is 1. The molecule has 0 saturated carbocycles. The molecule has 38 heavy (non-hydrogen) atoms. The average Bonchev–Trinajstić information content (AvgIpc) is 3.52. The average molecular weight is 532 g/mol. The first kappa shape index (κ1) is 25.1. The maximum atomic E-state index is 12.6. The highest BCUT2D eigenvalue weighted by molar-refractivity contribution is 8.18. The van der Waals surface area contributed by atoms with E-state index in [1.165, 1.54) is 23.0 Å². The third-order valence-corrected chi connectivity index (χ3v) is 8.47. The molecule has 0 N–H and O–H groups in total. The Morgan fingerprint density at radius 2 is 1.79 bits per heavy atom. The number of aromatic nitrogens is 3. The molecule has 1 aromatic carbocycles. The molecule has 0 bridgehead atoms. The normalized spacial score (nSPS) is 20.3. The fraction of sp³-hybridized carbons (Fsp3) is 0.429. The van der Waals surface area contributed by atoms with E-state index in [9.17, 15) is 4.79 Å². The van der Waals surface area contributed by atoms with Gasteiger partial charge in [0, 0.05) is 56.6 Å². The van der Waals surface area contributed by atoms with Gasteiger partial charge in [0.1, 0.15) is 0 Å². The van der Waals surface area contributed by atoms with Gasteiger partial charge in [-0.1, -0.05) is 6.07 Å². The summed E-state index contributed by atoms with van der Waals surface area (Å²) < 4.78 is 7.27. The molecule has 5 heterocycles. The van der Waals surface area contributed by atoms with Crippen molar-refractivity contribution in [2.75, 3.05) is 57.4 Å². The largest absolute Gasteiger partial charge is 0.378 e. The van der Waals surface area contributed by atoms with Crippen molar-refractivity contribution in [2.24, 2.45) is 4.99 Å². The van der Waals surface area contributed by atoms with E-state index in [4.69, 9.17) is 9.84 Å². The fourth-order valence-electron chi connectivity index (χ4n) is 5.23. The van der Waals surface area contributed by atoms with Gasteiger partial charge in [-0.25, -0.2) is 9.50 Å². The zero-order valence-electron chi connectivity index (χ0n) is 22.1. The van der Waals surface area contributed by atoms with E-state index in [0.29, 0.717) is 29.9 Å². The molecule has 0 atom stereocenters. The number of anilines is 1. The SMILES string of the molecule is Cc1cc(-c2cnc3ccc(C=C4SC(N5CCOCC5)=NC4=O)nn23)ccc1N1CCN(C(C)C)CC1. The lowest BCUT2D eigenvalue weighted by Gasteiger charge is -2.38. The molecule has 3 aromatic rings. The van der Waals surface area contributed by atoms with Crippen LogP contribution in [0.4, 0.5) is 5.69 Å². The van der Waals surface area contributed by atoms with Gasteiger partial charge in [-0.3, -0.25) is 9.69 Å². The van der Waals surface area contributed by atoms with Crippen LogP contribution in [0.2, 0.25) is 0 Å². The Labute approximate surface area is 227 Å². The maximum absolute atomic E-state index is 12.6. The number of hydrogen-bond donors (Lipinski definition) is 0. The van der Waals surface area contributed by atoms with Crippen LogP contribution in [-0.2, 0) is 9.53 Å². The van der Waals surface area contributed by atoms with Gasteiger partial charge < -0.3 is 14.5 Å². The van der Waals surface area contributed by atoms with Gasteiger partial charge >= 0.3 is 0 Å². The number of benzene rings is 1. The van der Waals surface area contributed by atoms with Crippen LogP contribution in [0.15, 0.2) is 46.4 Å². The number of thioether (sulfide) groups is 1. The summed E-state index contributed by atoms with van der Waals surface area (Å²) in [5.74, 6) is -0.218. The molecule has 9 nitrogen and oxygen atoms in total. The third-order valence-electron chi connectivity index (χ3n) is 7.43. The van der Waals surface area contributed by atoms with Crippen molar-refractivity contribution in [3.05, 3.63) is 52.7 Å². The minimum atomic E-state index is -0.218. The number of carbonyl (C=O) groups is 1. The number of piperazine rings is 1. The molecule has 1 amide bonds. The number of carbonyl (C=O) groups excluding carboxylic acids is 1. The van der Waals surface area contributed by atoms with Crippen molar-refractivity contribution in [1.82, 2.24) is 24.4 Å². The van der Waals surface area contributed by atoms with Gasteiger partial charge in [0.05, 0.1) is 35.7 Å². The number of amidine groups is 1. The number of rotatable bonds is 4. The molecule has 3 aliphatic heterocycles. The molecule has 2 saturated heterocycles. The van der Waals surface area contributed by atoms with Crippen LogP contribution in [0.3, 0.4) is 0 Å². The molecule has 10 heteroatoms. The Balaban J connectivity index is 1.22. The zero-order valence-corrected chi connectivity index (χ0v) is 22.9. The predicted molar refractivity (Wildman–Crippen MR) is 152 cm³/mol. The molecule has 198 valence electrons. The summed E-state index contributed by atoms with van der Waals surface area (Å²) in [6.07, 6.45) is 3.68. The Morgan fingerprint density at radius 3 is 2.53 bits per heavy atom. The summed E-state index contributed by atoms with van der Waals surface area (Å²) in [6, 6.07) is 11.0. The monoisotopic (exact) mass is 531 g/mol. The van der Waals surface area contributed by atoms with Gasteiger partial charge in [-0.2, -0.15) is 10.1 Å². The predicted octanol–water partition coefficient (Wildman–Crippen LogP) is 3.54. The number of amides is 1. The van der Waals surface area contributed by atoms with Gasteiger partial charge in [0.25, 0.3) is 5.91 Å². The van der Waals surface area contributed by atoms with E-state index >= 15 is 0 Å². The Bertz CT molecular complexity index is 1420. The molecular weight excluding hydrogens is 498 g/mol. The highest BCUT2D eigenvalue weighted by Crippen LogP contribution is 2.31. The summed E-state index contributed by atoms with van der Waals surface area (Å²) in [5.41, 5.74) is 6.00. The molecule has 2 aromatic heterocycles. The smallest absolute Gasteiger partial charge is 0.286 e. The molecule has 0 spiro atoms. The topological polar surface area (TPSA) is 78.6 Å². The summed E-state index contributed by atoms with van der Waals surface area (Å²) in [6.45, 7) is 13.8. The third kappa shape index (κ3) is 4.95. The molecule has 2 fully saturated rings. The lowest BCUT2D eigenvalue weighted by atomic mass is 10.1. The molecule has 3 aliphatic rings. The zero-order chi connectivity index (χ0) is 26.2. The van der Waals surface area contributed by atoms with E-state index in [1.807, 2.05) is 28.9 Å². The van der Waals surface area contributed by atoms with E-state index in [1.54, 1.807) is 0 Å². The first-order chi connectivity index (χ1) is 18.5. The molecule has 0 aliphatic carbocycles. The van der Waals surface area contributed by atoms with Gasteiger partial charge in [-0.15, -0.1) is 0 Å². The lowest BCUT2D eigenvalue weighted by Crippen LogP contribution is -2.49. The minimum Gasteiger partial charge on any atom is -0.378 e. The number of hydrogen-bond acceptors (Lipinski definition) is 8. The van der Waals surface area contributed by atoms with Crippen LogP contribution < -0.4 is 4.90 Å². The van der Waals surface area contributed by atoms with Crippen LogP contribution in [0.1, 0.15) is 25.1 Å². The van der Waals surface area contributed by atoms with E-state index < -0.39 is 0 Å². The standard InChI is InChI=1S/C28H33N7O2S/c1-19(2)32-8-10-33(11-9-32)23-6-4-21(16-20(23)3)24-18-29-26-7-5-22(31-35(24)26)17-25-27(36)30-28(38-25)34-12-14-37-15-13-34/h4-7,16-19H,8-15H2,1-3H3. The second-order valence-corrected chi connectivity index (χ2v) is 11.2. The molecule has 0 radical (unpaired) electrons. The molecule has 0 unspecified atom stereocenters. The summed E-state index contributed by atoms with van der Waals surface area (Å²) in [5, 5.41) is 5.57. The van der Waals surface area contributed by atoms with Crippen molar-refractivity contribution in [2.45, 2.75) is 26.8 Å². The van der Waals surface area contributed by atoms with Crippen molar-refractivity contribution >= 4 is 40.2 Å². The summed E-state index contributed by atoms with van der Waals surface area (Å²) >= 11 is 1.41. The second-order valence-electron chi connectivity index (χ2n) is 10.2. The number of aryl methyl sites for hydroxylation is 1. The number of morpholine rings is 1. The quantitative estimate of drug-likeness (QED) is 0.473. The molecule has 6 rings (SSSR count). The summed E-state index contributed by atoms with van der Waals surface area (Å²) in [4.78, 5) is 29.1. The van der Waals surface area contributed by atoms with Crippen LogP contribution in [-0.4, -0.2) is 94.0 Å². The van der Waals surface area contributed by atoms with Crippen molar-refractivity contribution in [3.63, 3.8) is 0 Å². The lowest BCUT2D eigenvalue weighted by molar-refractivity contribution is -0.113. The van der Waals surface area contributed by atoms with Gasteiger partial charge in [0.2, 0.25) is 0 Å². The minimum absolute atomic E-state index is 0.218. The van der Waals surface area contributed by atoms with Gasteiger partial charge in [0.15, 0.2) is 10.8 Å². The van der Waals surface area contributed by atoms with Crippen LogP contribution in [0.5, 0.6) is 0 Å². The van der Waals surface area contributed by atoms with E-state index in [2.05, 4.69) is 63.6 Å². The summed E-state index contributed by atoms with van der Waals surface area (Å²) in [7, 11) is 0. The van der Waals surface area contributed by atoms with Crippen molar-refractivity contribution in [1.29, 1.82) is 0 Å². The Kier molecular flexibility index (Phi) is 6.94. The highest BCUT2D eigenvalue weighted by atomic mass is 32.2. The van der Waals surface area contributed by atoms with Crippen molar-refractivity contribution < 1.29 is 9.53 Å². The van der Waals surface area contributed by atoms with Crippen LogP contribution in [0, 0.1) is 6.92 Å².